The minimum absolute atomic E-state index is 0.160. The molecule has 0 bridgehead atoms. The number of hydrogen-bond donors (Lipinski definition) is 1. The first-order valence-electron chi connectivity index (χ1n) is 9.68. The van der Waals surface area contributed by atoms with Crippen LogP contribution in [0.2, 0.25) is 0 Å². The summed E-state index contributed by atoms with van der Waals surface area (Å²) in [6.45, 7) is 11.8. The smallest absolute Gasteiger partial charge is 0.302 e. The van der Waals surface area contributed by atoms with Crippen LogP contribution < -0.4 is 0 Å². The van der Waals surface area contributed by atoms with Gasteiger partial charge in [0.05, 0.1) is 12.7 Å². The lowest BCUT2D eigenvalue weighted by Gasteiger charge is -2.43. The Morgan fingerprint density at radius 2 is 1.63 bits per heavy atom. The summed E-state index contributed by atoms with van der Waals surface area (Å²) in [5.41, 5.74) is 0. The molecule has 8 heteroatoms. The fraction of sp³-hybridized carbons (Fsp3) is 0.947. The van der Waals surface area contributed by atoms with E-state index < -0.39 is 30.6 Å². The predicted molar refractivity (Wildman–Crippen MR) is 93.4 cm³/mol. The van der Waals surface area contributed by atoms with Crippen molar-refractivity contribution in [1.82, 2.24) is 0 Å². The second kappa shape index (κ2) is 7.93. The first-order chi connectivity index (χ1) is 12.6. The van der Waals surface area contributed by atoms with Crippen LogP contribution in [0.15, 0.2) is 0 Å². The number of carbonyl (C=O) groups excluding carboxylic acids is 1. The highest BCUT2D eigenvalue weighted by Gasteiger charge is 2.55. The molecule has 27 heavy (non-hydrogen) atoms. The van der Waals surface area contributed by atoms with Crippen molar-refractivity contribution in [2.24, 2.45) is 17.8 Å². The maximum Gasteiger partial charge on any atom is 0.302 e. The van der Waals surface area contributed by atoms with Gasteiger partial charge in [-0.2, -0.15) is 0 Å². The average Bonchev–Trinajstić information content (AvgIpc) is 3.05. The number of esters is 1. The molecule has 8 nitrogen and oxygen atoms in total. The van der Waals surface area contributed by atoms with Gasteiger partial charge in [-0.25, -0.2) is 0 Å². The molecular formula is C19H32O8. The number of ether oxygens (including phenoxy) is 6. The zero-order valence-corrected chi connectivity index (χ0v) is 16.9. The van der Waals surface area contributed by atoms with Gasteiger partial charge < -0.3 is 33.5 Å². The van der Waals surface area contributed by atoms with Gasteiger partial charge in [0.1, 0.15) is 24.9 Å². The van der Waals surface area contributed by atoms with Gasteiger partial charge in [-0.3, -0.25) is 4.79 Å². The molecule has 156 valence electrons. The summed E-state index contributed by atoms with van der Waals surface area (Å²) in [4.78, 5) is 11.1. The minimum Gasteiger partial charge on any atom is -0.463 e. The van der Waals surface area contributed by atoms with Crippen LogP contribution in [-0.2, 0) is 33.2 Å². The van der Waals surface area contributed by atoms with Gasteiger partial charge in [0.15, 0.2) is 18.4 Å². The fourth-order valence-corrected chi connectivity index (χ4v) is 4.05. The summed E-state index contributed by atoms with van der Waals surface area (Å²) in [6, 6.07) is 0. The van der Waals surface area contributed by atoms with Crippen molar-refractivity contribution in [1.29, 1.82) is 0 Å². The van der Waals surface area contributed by atoms with E-state index in [1.165, 1.54) is 6.92 Å². The Bertz CT molecular complexity index is 538. The number of carbonyl (C=O) groups is 1. The second-order valence-corrected chi connectivity index (χ2v) is 8.39. The molecule has 0 saturated carbocycles. The topological polar surface area (TPSA) is 92.7 Å². The van der Waals surface area contributed by atoms with Crippen LogP contribution >= 0.6 is 0 Å². The van der Waals surface area contributed by atoms with Gasteiger partial charge in [-0.05, 0) is 25.7 Å². The van der Waals surface area contributed by atoms with E-state index in [1.54, 1.807) is 0 Å². The Kier molecular flexibility index (Phi) is 6.15. The van der Waals surface area contributed by atoms with Gasteiger partial charge in [-0.15, -0.1) is 0 Å². The second-order valence-electron chi connectivity index (χ2n) is 8.39. The Morgan fingerprint density at radius 3 is 2.30 bits per heavy atom. The van der Waals surface area contributed by atoms with Gasteiger partial charge in [0.25, 0.3) is 0 Å². The highest BCUT2D eigenvalue weighted by molar-refractivity contribution is 5.65. The van der Waals surface area contributed by atoms with Crippen LogP contribution in [0.1, 0.15) is 41.5 Å². The molecule has 3 aliphatic heterocycles. The van der Waals surface area contributed by atoms with Crippen molar-refractivity contribution in [2.75, 3.05) is 13.2 Å². The zero-order chi connectivity index (χ0) is 19.9. The number of aliphatic hydroxyl groups is 1. The van der Waals surface area contributed by atoms with Gasteiger partial charge in [0.2, 0.25) is 0 Å². The molecular weight excluding hydrogens is 356 g/mol. The lowest BCUT2D eigenvalue weighted by molar-refractivity contribution is -0.273. The summed E-state index contributed by atoms with van der Waals surface area (Å²) in [5.74, 6) is -0.355. The molecule has 0 amide bonds. The minimum atomic E-state index is -1.04. The molecule has 1 N–H and O–H groups in total. The third-order valence-corrected chi connectivity index (χ3v) is 5.98. The quantitative estimate of drug-likeness (QED) is 0.707. The molecule has 0 radical (unpaired) electrons. The van der Waals surface area contributed by atoms with E-state index in [0.29, 0.717) is 5.92 Å². The van der Waals surface area contributed by atoms with Crippen molar-refractivity contribution in [2.45, 2.75) is 84.3 Å². The Labute approximate surface area is 160 Å². The summed E-state index contributed by atoms with van der Waals surface area (Å²) in [7, 11) is 0. The highest BCUT2D eigenvalue weighted by atomic mass is 16.8. The standard InChI is InChI=1S/C19H32O8/c1-9-10(2)13(7-22-12(4)20)25-18(11(9)3)23-8-14-15-16(17(21)24-14)27-19(5,6)26-15/h9-11,13-18,21H,7-8H2,1-6H3/t9-,10+,11?,13?,14+,15+,16?,17?,18-/m0/s1. The molecule has 0 aromatic rings. The predicted octanol–water partition coefficient (Wildman–Crippen LogP) is 1.44. The molecule has 4 unspecified atom stereocenters. The van der Waals surface area contributed by atoms with Gasteiger partial charge in [-0.1, -0.05) is 20.8 Å². The zero-order valence-electron chi connectivity index (χ0n) is 16.9. The third kappa shape index (κ3) is 4.46. The maximum atomic E-state index is 11.1. The van der Waals surface area contributed by atoms with Crippen LogP contribution in [0.3, 0.4) is 0 Å². The van der Waals surface area contributed by atoms with E-state index in [4.69, 9.17) is 28.4 Å². The van der Waals surface area contributed by atoms with Crippen LogP contribution in [0.4, 0.5) is 0 Å². The van der Waals surface area contributed by atoms with Crippen LogP contribution in [0, 0.1) is 17.8 Å². The summed E-state index contributed by atoms with van der Waals surface area (Å²) >= 11 is 0. The molecule has 3 rings (SSSR count). The van der Waals surface area contributed by atoms with Gasteiger partial charge in [0, 0.05) is 12.8 Å². The molecule has 0 aromatic carbocycles. The normalized spacial score (nSPS) is 46.3. The van der Waals surface area contributed by atoms with E-state index in [9.17, 15) is 9.90 Å². The summed E-state index contributed by atoms with van der Waals surface area (Å²) in [6.07, 6.45) is -3.06. The van der Waals surface area contributed by atoms with E-state index in [0.717, 1.165) is 0 Å². The average molecular weight is 388 g/mol. The van der Waals surface area contributed by atoms with E-state index >= 15 is 0 Å². The van der Waals surface area contributed by atoms with Gasteiger partial charge >= 0.3 is 5.97 Å². The van der Waals surface area contributed by atoms with E-state index in [1.807, 2.05) is 13.8 Å². The monoisotopic (exact) mass is 388 g/mol. The van der Waals surface area contributed by atoms with Crippen molar-refractivity contribution >= 4 is 5.97 Å². The van der Waals surface area contributed by atoms with Crippen molar-refractivity contribution in [3.63, 3.8) is 0 Å². The molecule has 0 spiro atoms. The molecule has 9 atom stereocenters. The van der Waals surface area contributed by atoms with Crippen LogP contribution in [0.5, 0.6) is 0 Å². The summed E-state index contributed by atoms with van der Waals surface area (Å²) < 4.78 is 34.4. The Balaban J connectivity index is 1.58. The first-order valence-corrected chi connectivity index (χ1v) is 9.68. The Hall–Kier alpha value is -0.770. The maximum absolute atomic E-state index is 11.1. The highest BCUT2D eigenvalue weighted by Crippen LogP contribution is 2.39. The Morgan fingerprint density at radius 1 is 0.963 bits per heavy atom. The third-order valence-electron chi connectivity index (χ3n) is 5.98. The molecule has 3 heterocycles. The summed E-state index contributed by atoms with van der Waals surface area (Å²) in [5, 5.41) is 10.1. The van der Waals surface area contributed by atoms with E-state index in [-0.39, 0.29) is 43.2 Å². The van der Waals surface area contributed by atoms with E-state index in [2.05, 4.69) is 20.8 Å². The lowest BCUT2D eigenvalue weighted by atomic mass is 9.79. The molecule has 3 aliphatic rings. The lowest BCUT2D eigenvalue weighted by Crippen LogP contribution is -2.48. The largest absolute Gasteiger partial charge is 0.463 e. The number of fused-ring (bicyclic) bond motifs is 1. The SMILES string of the molecule is CC(=O)OCC1O[C@H](OC[C@H]2OC(O)C3OC(C)(C)O[C@@H]32)C(C)[C@@H](C)[C@H]1C. The fourth-order valence-electron chi connectivity index (χ4n) is 4.05. The molecule has 3 saturated heterocycles. The first kappa shape index (κ1) is 21.0. The van der Waals surface area contributed by atoms with Crippen molar-refractivity contribution in [3.05, 3.63) is 0 Å². The van der Waals surface area contributed by atoms with Crippen LogP contribution in [0.25, 0.3) is 0 Å². The molecule has 3 fully saturated rings. The van der Waals surface area contributed by atoms with Crippen LogP contribution in [-0.4, -0.2) is 67.1 Å². The van der Waals surface area contributed by atoms with Crippen molar-refractivity contribution in [3.8, 4) is 0 Å². The number of aliphatic hydroxyl groups excluding tert-OH is 1. The molecule has 0 aromatic heterocycles. The number of hydrogen-bond acceptors (Lipinski definition) is 8. The van der Waals surface area contributed by atoms with Crippen molar-refractivity contribution < 1.29 is 38.3 Å². The molecule has 0 aliphatic carbocycles. The number of rotatable bonds is 5.